The van der Waals surface area contributed by atoms with Crippen LogP contribution in [0, 0.1) is 5.92 Å². The fourth-order valence-electron chi connectivity index (χ4n) is 2.04. The minimum Gasteiger partial charge on any atom is -0.370 e. The summed E-state index contributed by atoms with van der Waals surface area (Å²) in [5.74, 6) is 1.51. The number of nitrogens with zero attached hydrogens (tertiary/aromatic N) is 1. The Morgan fingerprint density at radius 2 is 2.21 bits per heavy atom. The lowest BCUT2D eigenvalue weighted by Gasteiger charge is -2.07. The molecule has 4 heteroatoms. The summed E-state index contributed by atoms with van der Waals surface area (Å²) in [6.07, 6.45) is 6.33. The molecule has 2 rings (SSSR count). The van der Waals surface area contributed by atoms with Gasteiger partial charge in [0, 0.05) is 12.2 Å². The van der Waals surface area contributed by atoms with Crippen molar-refractivity contribution >= 4 is 35.6 Å². The third kappa shape index (κ3) is 6.27. The van der Waals surface area contributed by atoms with Crippen LogP contribution in [0.25, 0.3) is 0 Å². The van der Waals surface area contributed by atoms with Crippen molar-refractivity contribution < 1.29 is 0 Å². The van der Waals surface area contributed by atoms with Gasteiger partial charge >= 0.3 is 0 Å². The van der Waals surface area contributed by atoms with Crippen LogP contribution in [-0.4, -0.2) is 12.5 Å². The molecule has 1 aliphatic carbocycles. The molecule has 1 saturated carbocycles. The second-order valence-corrected chi connectivity index (χ2v) is 5.03. The first kappa shape index (κ1) is 16.3. The van der Waals surface area contributed by atoms with Gasteiger partial charge in [0.05, 0.1) is 0 Å². The Hall–Kier alpha value is -0.780. The number of anilines is 1. The molecule has 0 saturated heterocycles. The number of nitrogens with two attached hydrogens (primary N) is 1. The summed E-state index contributed by atoms with van der Waals surface area (Å²) in [6.45, 7) is 2.98. The normalized spacial score (nSPS) is 14.9. The molecule has 3 nitrogen and oxygen atoms in total. The van der Waals surface area contributed by atoms with Crippen LogP contribution in [0.5, 0.6) is 0 Å². The highest BCUT2D eigenvalue weighted by atomic mass is 127. The lowest BCUT2D eigenvalue weighted by molar-refractivity contribution is 0.675. The number of benzene rings is 1. The van der Waals surface area contributed by atoms with Gasteiger partial charge in [-0.25, -0.2) is 0 Å². The second-order valence-electron chi connectivity index (χ2n) is 5.03. The van der Waals surface area contributed by atoms with Gasteiger partial charge in [0.15, 0.2) is 5.96 Å². The van der Waals surface area contributed by atoms with Gasteiger partial charge in [-0.2, -0.15) is 0 Å². The first-order chi connectivity index (χ1) is 8.78. The fourth-order valence-corrected chi connectivity index (χ4v) is 2.04. The monoisotopic (exact) mass is 373 g/mol. The Morgan fingerprint density at radius 1 is 1.42 bits per heavy atom. The first-order valence-electron chi connectivity index (χ1n) is 6.94. The Morgan fingerprint density at radius 3 is 2.89 bits per heavy atom. The number of guanidine groups is 1. The lowest BCUT2D eigenvalue weighted by Crippen LogP contribution is -2.22. The molecule has 0 bridgehead atoms. The van der Waals surface area contributed by atoms with Crippen LogP contribution in [0.1, 0.15) is 38.2 Å². The van der Waals surface area contributed by atoms with Gasteiger partial charge in [-0.05, 0) is 42.9 Å². The van der Waals surface area contributed by atoms with Crippen molar-refractivity contribution in [2.24, 2.45) is 16.6 Å². The van der Waals surface area contributed by atoms with Crippen LogP contribution in [0.4, 0.5) is 5.69 Å². The van der Waals surface area contributed by atoms with Crippen molar-refractivity contribution in [3.8, 4) is 0 Å². The molecule has 0 heterocycles. The molecular formula is C15H24IN3. The Labute approximate surface area is 133 Å². The highest BCUT2D eigenvalue weighted by molar-refractivity contribution is 14.0. The van der Waals surface area contributed by atoms with E-state index in [0.717, 1.165) is 31.0 Å². The minimum absolute atomic E-state index is 0. The first-order valence-corrected chi connectivity index (χ1v) is 6.94. The average molecular weight is 373 g/mol. The molecule has 1 aromatic carbocycles. The number of nitrogens with one attached hydrogen (secondary N) is 1. The van der Waals surface area contributed by atoms with Crippen molar-refractivity contribution in [3.63, 3.8) is 0 Å². The second kappa shape index (κ2) is 8.40. The van der Waals surface area contributed by atoms with Gasteiger partial charge in [-0.15, -0.1) is 24.0 Å². The molecule has 3 N–H and O–H groups in total. The maximum absolute atomic E-state index is 5.87. The maximum atomic E-state index is 5.87. The smallest absolute Gasteiger partial charge is 0.193 e. The summed E-state index contributed by atoms with van der Waals surface area (Å²) in [4.78, 5) is 4.36. The van der Waals surface area contributed by atoms with Gasteiger partial charge in [-0.1, -0.05) is 31.9 Å². The van der Waals surface area contributed by atoms with E-state index in [2.05, 4.69) is 29.4 Å². The summed E-state index contributed by atoms with van der Waals surface area (Å²) >= 11 is 0. The fraction of sp³-hybridized carbons (Fsp3) is 0.533. The van der Waals surface area contributed by atoms with E-state index in [1.54, 1.807) is 0 Å². The highest BCUT2D eigenvalue weighted by Gasteiger charge is 2.19. The SMILES string of the molecule is CCc1cccc(NC(N)=NCCCC2CC2)c1.I. The molecule has 1 aliphatic rings. The van der Waals surface area contributed by atoms with Crippen LogP contribution in [0.15, 0.2) is 29.3 Å². The zero-order chi connectivity index (χ0) is 12.8. The zero-order valence-corrected chi connectivity index (χ0v) is 13.9. The summed E-state index contributed by atoms with van der Waals surface area (Å²) in [5, 5.41) is 3.15. The van der Waals surface area contributed by atoms with Crippen molar-refractivity contribution in [3.05, 3.63) is 29.8 Å². The molecule has 0 atom stereocenters. The molecule has 19 heavy (non-hydrogen) atoms. The predicted molar refractivity (Wildman–Crippen MR) is 93.3 cm³/mol. The van der Waals surface area contributed by atoms with E-state index in [0.29, 0.717) is 5.96 Å². The molecular weight excluding hydrogens is 349 g/mol. The predicted octanol–water partition coefficient (Wildman–Crippen LogP) is 3.78. The third-order valence-electron chi connectivity index (χ3n) is 3.36. The van der Waals surface area contributed by atoms with Gasteiger partial charge < -0.3 is 11.1 Å². The molecule has 0 unspecified atom stereocenters. The minimum atomic E-state index is 0. The van der Waals surface area contributed by atoms with E-state index >= 15 is 0 Å². The number of aryl methyl sites for hydroxylation is 1. The Balaban J connectivity index is 0.00000180. The summed E-state index contributed by atoms with van der Waals surface area (Å²) in [6, 6.07) is 8.30. The zero-order valence-electron chi connectivity index (χ0n) is 11.6. The Bertz CT molecular complexity index is 414. The lowest BCUT2D eigenvalue weighted by atomic mass is 10.1. The number of hydrogen-bond acceptors (Lipinski definition) is 1. The molecule has 1 aromatic rings. The van der Waals surface area contributed by atoms with E-state index < -0.39 is 0 Å². The standard InChI is InChI=1S/C15H23N3.HI/c1-2-12-5-3-7-14(11-12)18-15(16)17-10-4-6-13-8-9-13;/h3,5,7,11,13H,2,4,6,8-10H2,1H3,(H3,16,17,18);1H. The van der Waals surface area contributed by atoms with Gasteiger partial charge in [0.2, 0.25) is 0 Å². The van der Waals surface area contributed by atoms with E-state index in [9.17, 15) is 0 Å². The summed E-state index contributed by atoms with van der Waals surface area (Å²) < 4.78 is 0. The third-order valence-corrected chi connectivity index (χ3v) is 3.36. The van der Waals surface area contributed by atoms with E-state index in [-0.39, 0.29) is 24.0 Å². The van der Waals surface area contributed by atoms with E-state index in [4.69, 9.17) is 5.73 Å². The molecule has 1 fully saturated rings. The van der Waals surface area contributed by atoms with E-state index in [1.165, 1.54) is 24.8 Å². The Kier molecular flexibility index (Phi) is 7.20. The van der Waals surface area contributed by atoms with Crippen molar-refractivity contribution in [1.82, 2.24) is 0 Å². The average Bonchev–Trinajstić information content (AvgIpc) is 3.19. The maximum Gasteiger partial charge on any atom is 0.193 e. The molecule has 0 aromatic heterocycles. The van der Waals surface area contributed by atoms with Gasteiger partial charge in [0.25, 0.3) is 0 Å². The van der Waals surface area contributed by atoms with Crippen molar-refractivity contribution in [2.45, 2.75) is 39.0 Å². The molecule has 0 aliphatic heterocycles. The number of aliphatic imine (C=N–C) groups is 1. The molecule has 106 valence electrons. The summed E-state index contributed by atoms with van der Waals surface area (Å²) in [7, 11) is 0. The van der Waals surface area contributed by atoms with Gasteiger partial charge in [0.1, 0.15) is 0 Å². The van der Waals surface area contributed by atoms with E-state index in [1.807, 2.05) is 12.1 Å². The number of halogens is 1. The van der Waals surface area contributed by atoms with Crippen LogP contribution < -0.4 is 11.1 Å². The quantitative estimate of drug-likeness (QED) is 0.345. The van der Waals surface area contributed by atoms with Crippen molar-refractivity contribution in [1.29, 1.82) is 0 Å². The molecule has 0 radical (unpaired) electrons. The van der Waals surface area contributed by atoms with Crippen LogP contribution in [-0.2, 0) is 6.42 Å². The highest BCUT2D eigenvalue weighted by Crippen LogP contribution is 2.33. The molecule has 0 amide bonds. The number of hydrogen-bond donors (Lipinski definition) is 2. The van der Waals surface area contributed by atoms with Crippen LogP contribution in [0.2, 0.25) is 0 Å². The largest absolute Gasteiger partial charge is 0.370 e. The van der Waals surface area contributed by atoms with Gasteiger partial charge in [-0.3, -0.25) is 4.99 Å². The topological polar surface area (TPSA) is 50.4 Å². The summed E-state index contributed by atoms with van der Waals surface area (Å²) in [5.41, 5.74) is 8.20. The molecule has 0 spiro atoms. The van der Waals surface area contributed by atoms with Crippen molar-refractivity contribution in [2.75, 3.05) is 11.9 Å². The van der Waals surface area contributed by atoms with Crippen LogP contribution in [0.3, 0.4) is 0 Å². The van der Waals surface area contributed by atoms with Crippen LogP contribution >= 0.6 is 24.0 Å². The number of rotatable bonds is 6.